The minimum Gasteiger partial charge on any atom is -0.375 e. The maximum Gasteiger partial charge on any atom is 0.151 e. The van der Waals surface area contributed by atoms with Crippen molar-refractivity contribution in [3.8, 4) is 0 Å². The van der Waals surface area contributed by atoms with Gasteiger partial charge in [0.05, 0.1) is 11.7 Å². The average molecular weight is 198 g/mol. The Morgan fingerprint density at radius 2 is 2.14 bits per heavy atom. The van der Waals surface area contributed by atoms with Gasteiger partial charge in [0.1, 0.15) is 5.60 Å². The van der Waals surface area contributed by atoms with E-state index in [9.17, 15) is 4.79 Å². The van der Waals surface area contributed by atoms with Crippen LogP contribution in [0.4, 0.5) is 0 Å². The van der Waals surface area contributed by atoms with Crippen LogP contribution in [0.15, 0.2) is 0 Å². The molecule has 0 amide bonds. The van der Waals surface area contributed by atoms with Crippen LogP contribution in [0.3, 0.4) is 0 Å². The molecule has 0 aromatic heterocycles. The third-order valence-corrected chi connectivity index (χ3v) is 3.44. The minimum atomic E-state index is -0.583. The summed E-state index contributed by atoms with van der Waals surface area (Å²) in [5.41, 5.74) is -0.827. The number of ether oxygens (including phenoxy) is 2. The lowest BCUT2D eigenvalue weighted by Crippen LogP contribution is -2.41. The van der Waals surface area contributed by atoms with Crippen LogP contribution >= 0.6 is 0 Å². The number of rotatable bonds is 2. The summed E-state index contributed by atoms with van der Waals surface area (Å²) in [6.07, 6.45) is 5.02. The maximum atomic E-state index is 10.9. The summed E-state index contributed by atoms with van der Waals surface area (Å²) in [6.45, 7) is 4.76. The van der Waals surface area contributed by atoms with E-state index in [0.29, 0.717) is 0 Å². The molecule has 2 rings (SSSR count). The van der Waals surface area contributed by atoms with Crippen molar-refractivity contribution in [3.05, 3.63) is 0 Å². The van der Waals surface area contributed by atoms with Crippen LogP contribution in [-0.4, -0.2) is 30.2 Å². The van der Waals surface area contributed by atoms with Gasteiger partial charge < -0.3 is 14.3 Å². The zero-order chi connectivity index (χ0) is 10.2. The standard InChI is InChI=1S/C11H18O3/c1-10(8-12)5-6-11(2,14-10)9-4-3-7-13-9/h8-9H,3-7H2,1-2H3. The highest BCUT2D eigenvalue weighted by Gasteiger charge is 2.49. The summed E-state index contributed by atoms with van der Waals surface area (Å²) in [5, 5.41) is 0. The van der Waals surface area contributed by atoms with Crippen LogP contribution in [0.5, 0.6) is 0 Å². The second-order valence-electron chi connectivity index (χ2n) is 4.85. The van der Waals surface area contributed by atoms with E-state index < -0.39 is 5.60 Å². The quantitative estimate of drug-likeness (QED) is 0.633. The number of carbonyl (C=O) groups excluding carboxylic acids is 1. The lowest BCUT2D eigenvalue weighted by atomic mass is 9.92. The number of carbonyl (C=O) groups is 1. The number of hydrogen-bond donors (Lipinski definition) is 0. The Labute approximate surface area is 84.8 Å². The second kappa shape index (κ2) is 3.31. The molecule has 0 aliphatic carbocycles. The fourth-order valence-corrected chi connectivity index (χ4v) is 2.50. The van der Waals surface area contributed by atoms with Crippen LogP contribution in [0.1, 0.15) is 39.5 Å². The topological polar surface area (TPSA) is 35.5 Å². The van der Waals surface area contributed by atoms with Crippen molar-refractivity contribution in [2.75, 3.05) is 6.61 Å². The average Bonchev–Trinajstić information content (AvgIpc) is 2.75. The fourth-order valence-electron chi connectivity index (χ4n) is 2.50. The maximum absolute atomic E-state index is 10.9. The molecule has 2 aliphatic heterocycles. The van der Waals surface area contributed by atoms with E-state index in [1.54, 1.807) is 0 Å². The molecule has 0 spiro atoms. The van der Waals surface area contributed by atoms with E-state index in [4.69, 9.17) is 9.47 Å². The summed E-state index contributed by atoms with van der Waals surface area (Å²) in [5.74, 6) is 0. The van der Waals surface area contributed by atoms with Gasteiger partial charge in [0.2, 0.25) is 0 Å². The molecule has 80 valence electrons. The first kappa shape index (κ1) is 10.1. The molecule has 0 N–H and O–H groups in total. The molecule has 0 radical (unpaired) electrons. The summed E-state index contributed by atoms with van der Waals surface area (Å²) in [4.78, 5) is 10.9. The van der Waals surface area contributed by atoms with Crippen LogP contribution in [0.2, 0.25) is 0 Å². The molecule has 0 bridgehead atoms. The third-order valence-electron chi connectivity index (χ3n) is 3.44. The summed E-state index contributed by atoms with van der Waals surface area (Å²) >= 11 is 0. The summed E-state index contributed by atoms with van der Waals surface area (Å²) < 4.78 is 11.5. The van der Waals surface area contributed by atoms with Crippen LogP contribution in [0, 0.1) is 0 Å². The molecule has 14 heavy (non-hydrogen) atoms. The van der Waals surface area contributed by atoms with Crippen molar-refractivity contribution in [3.63, 3.8) is 0 Å². The van der Waals surface area contributed by atoms with E-state index >= 15 is 0 Å². The third kappa shape index (κ3) is 1.59. The van der Waals surface area contributed by atoms with Gasteiger partial charge >= 0.3 is 0 Å². The predicted molar refractivity (Wildman–Crippen MR) is 52.2 cm³/mol. The first-order valence-corrected chi connectivity index (χ1v) is 5.36. The van der Waals surface area contributed by atoms with E-state index in [1.165, 1.54) is 0 Å². The molecule has 0 aromatic rings. The van der Waals surface area contributed by atoms with E-state index in [2.05, 4.69) is 6.92 Å². The first-order valence-electron chi connectivity index (χ1n) is 5.36. The SMILES string of the molecule is CC1(C=O)CCC(C)(C2CCCO2)O1. The van der Waals surface area contributed by atoms with Crippen molar-refractivity contribution in [2.45, 2.75) is 56.8 Å². The molecular formula is C11H18O3. The van der Waals surface area contributed by atoms with Crippen molar-refractivity contribution >= 4 is 6.29 Å². The first-order chi connectivity index (χ1) is 6.58. The molecule has 2 aliphatic rings. The van der Waals surface area contributed by atoms with Crippen molar-refractivity contribution in [2.24, 2.45) is 0 Å². The Hall–Kier alpha value is -0.410. The van der Waals surface area contributed by atoms with Gasteiger partial charge in [-0.3, -0.25) is 0 Å². The monoisotopic (exact) mass is 198 g/mol. The Balaban J connectivity index is 2.07. The Morgan fingerprint density at radius 1 is 1.36 bits per heavy atom. The van der Waals surface area contributed by atoms with Crippen molar-refractivity contribution < 1.29 is 14.3 Å². The molecule has 3 heteroatoms. The van der Waals surface area contributed by atoms with Gasteiger partial charge in [-0.15, -0.1) is 0 Å². The molecule has 0 aromatic carbocycles. The molecule has 3 nitrogen and oxygen atoms in total. The van der Waals surface area contributed by atoms with E-state index in [-0.39, 0.29) is 11.7 Å². The highest BCUT2D eigenvalue weighted by molar-refractivity contribution is 5.62. The summed E-state index contributed by atoms with van der Waals surface area (Å²) in [6, 6.07) is 0. The zero-order valence-electron chi connectivity index (χ0n) is 8.91. The fraction of sp³-hybridized carbons (Fsp3) is 0.909. The Bertz CT molecular complexity index is 235. The van der Waals surface area contributed by atoms with Gasteiger partial charge in [0.25, 0.3) is 0 Å². The normalized spacial score (nSPS) is 48.3. The Kier molecular flexibility index (Phi) is 2.40. The van der Waals surface area contributed by atoms with Gasteiger partial charge in [-0.2, -0.15) is 0 Å². The lowest BCUT2D eigenvalue weighted by molar-refractivity contribution is -0.155. The Morgan fingerprint density at radius 3 is 2.64 bits per heavy atom. The highest BCUT2D eigenvalue weighted by Crippen LogP contribution is 2.42. The van der Waals surface area contributed by atoms with Crippen LogP contribution < -0.4 is 0 Å². The van der Waals surface area contributed by atoms with Gasteiger partial charge in [-0.25, -0.2) is 0 Å². The molecule has 0 saturated carbocycles. The zero-order valence-corrected chi connectivity index (χ0v) is 8.91. The van der Waals surface area contributed by atoms with Crippen LogP contribution in [0.25, 0.3) is 0 Å². The largest absolute Gasteiger partial charge is 0.375 e. The lowest BCUT2D eigenvalue weighted by Gasteiger charge is -2.32. The predicted octanol–water partition coefficient (Wildman–Crippen LogP) is 1.69. The summed E-state index contributed by atoms with van der Waals surface area (Å²) in [7, 11) is 0. The van der Waals surface area contributed by atoms with Gasteiger partial charge in [-0.1, -0.05) is 0 Å². The van der Waals surface area contributed by atoms with E-state index in [0.717, 1.165) is 38.6 Å². The molecule has 2 fully saturated rings. The molecule has 3 atom stereocenters. The number of aldehydes is 1. The van der Waals surface area contributed by atoms with E-state index in [1.807, 2.05) is 6.92 Å². The van der Waals surface area contributed by atoms with Crippen LogP contribution in [-0.2, 0) is 14.3 Å². The smallest absolute Gasteiger partial charge is 0.151 e. The minimum absolute atomic E-state index is 0.185. The highest BCUT2D eigenvalue weighted by atomic mass is 16.6. The van der Waals surface area contributed by atoms with Gasteiger partial charge in [0, 0.05) is 6.61 Å². The molecule has 2 saturated heterocycles. The van der Waals surface area contributed by atoms with Gasteiger partial charge in [0.15, 0.2) is 6.29 Å². The number of hydrogen-bond acceptors (Lipinski definition) is 3. The van der Waals surface area contributed by atoms with Crippen molar-refractivity contribution in [1.29, 1.82) is 0 Å². The molecule has 2 heterocycles. The molecular weight excluding hydrogens is 180 g/mol. The molecule has 3 unspecified atom stereocenters. The van der Waals surface area contributed by atoms with Crippen molar-refractivity contribution in [1.82, 2.24) is 0 Å². The van der Waals surface area contributed by atoms with Gasteiger partial charge in [-0.05, 0) is 39.5 Å². The second-order valence-corrected chi connectivity index (χ2v) is 4.85.